The van der Waals surface area contributed by atoms with Crippen molar-refractivity contribution < 1.29 is 9.13 Å². The molecule has 0 unspecified atom stereocenters. The molecule has 2 aromatic heterocycles. The maximum Gasteiger partial charge on any atom is 0.243 e. The van der Waals surface area contributed by atoms with Gasteiger partial charge in [-0.05, 0) is 13.3 Å². The smallest absolute Gasteiger partial charge is 0.240 e. The molecule has 0 spiro atoms. The van der Waals surface area contributed by atoms with Gasteiger partial charge in [0.05, 0.1) is 13.6 Å². The van der Waals surface area contributed by atoms with Gasteiger partial charge >= 0.3 is 0 Å². The van der Waals surface area contributed by atoms with Gasteiger partial charge in [-0.15, -0.1) is 0 Å². The number of nitrogens with zero attached hydrogens (tertiary/aromatic N) is 3. The summed E-state index contributed by atoms with van der Waals surface area (Å²) < 4.78 is 6.40. The van der Waals surface area contributed by atoms with Gasteiger partial charge in [0, 0.05) is 12.1 Å². The molecular formula is C15H25N3+2. The molecule has 3 nitrogen and oxygen atoms in total. The lowest BCUT2D eigenvalue weighted by Gasteiger charge is -1.90. The highest BCUT2D eigenvalue weighted by molar-refractivity contribution is 4.83. The van der Waals surface area contributed by atoms with Crippen LogP contribution < -0.4 is 9.13 Å². The number of aromatic nitrogens is 3. The molecule has 2 aromatic rings. The highest BCUT2D eigenvalue weighted by atomic mass is 15.1. The summed E-state index contributed by atoms with van der Waals surface area (Å²) in [5, 5.41) is 0. The maximum atomic E-state index is 2.21. The Morgan fingerprint density at radius 3 is 2.11 bits per heavy atom. The van der Waals surface area contributed by atoms with Crippen LogP contribution >= 0.6 is 0 Å². The number of imidazole rings is 1. The first-order chi connectivity index (χ1) is 8.76. The van der Waals surface area contributed by atoms with Gasteiger partial charge in [-0.3, -0.25) is 0 Å². The van der Waals surface area contributed by atoms with Crippen LogP contribution in [0.15, 0.2) is 49.3 Å². The molecule has 0 aromatic carbocycles. The number of rotatable bonds is 4. The van der Waals surface area contributed by atoms with Crippen LogP contribution in [0.5, 0.6) is 0 Å². The molecule has 3 heteroatoms. The molecule has 0 atom stereocenters. The standard InChI is InChI=1S/C8H15N2.C7H10N/c1-3-4-5-10-7-6-9(2)8-10;1-2-8-6-4-3-5-7-8/h6-8H,3-5H2,1-2H3;3-7H,2H2,1H3/q2*+1. The van der Waals surface area contributed by atoms with Crippen LogP contribution in [0.1, 0.15) is 26.7 Å². The molecule has 0 fully saturated rings. The van der Waals surface area contributed by atoms with Crippen LogP contribution in [0.25, 0.3) is 0 Å². The summed E-state index contributed by atoms with van der Waals surface area (Å²) in [6, 6.07) is 6.08. The third kappa shape index (κ3) is 5.62. The van der Waals surface area contributed by atoms with Crippen molar-refractivity contribution in [3.05, 3.63) is 49.3 Å². The summed E-state index contributed by atoms with van der Waals surface area (Å²) in [5.74, 6) is 0. The zero-order chi connectivity index (χ0) is 13.2. The number of hydrogen-bond acceptors (Lipinski definition) is 0. The van der Waals surface area contributed by atoms with Crippen LogP contribution in [0, 0.1) is 0 Å². The fourth-order valence-corrected chi connectivity index (χ4v) is 1.62. The highest BCUT2D eigenvalue weighted by Crippen LogP contribution is 1.85. The lowest BCUT2D eigenvalue weighted by molar-refractivity contribution is -0.696. The van der Waals surface area contributed by atoms with E-state index in [4.69, 9.17) is 0 Å². The van der Waals surface area contributed by atoms with Crippen molar-refractivity contribution in [2.75, 3.05) is 0 Å². The second kappa shape index (κ2) is 8.45. The van der Waals surface area contributed by atoms with Gasteiger partial charge in [-0.1, -0.05) is 19.4 Å². The van der Waals surface area contributed by atoms with Gasteiger partial charge in [-0.25, -0.2) is 13.7 Å². The molecule has 98 valence electrons. The first-order valence-corrected chi connectivity index (χ1v) is 6.71. The summed E-state index contributed by atoms with van der Waals surface area (Å²) in [6.07, 6.45) is 12.9. The van der Waals surface area contributed by atoms with Gasteiger partial charge in [0.2, 0.25) is 6.33 Å². The third-order valence-corrected chi connectivity index (χ3v) is 2.74. The van der Waals surface area contributed by atoms with E-state index in [1.165, 1.54) is 12.8 Å². The Kier molecular flexibility index (Phi) is 6.77. The third-order valence-electron chi connectivity index (χ3n) is 2.74. The molecule has 0 aliphatic rings. The average molecular weight is 247 g/mol. The molecule has 0 N–H and O–H groups in total. The Morgan fingerprint density at radius 1 is 0.944 bits per heavy atom. The lowest BCUT2D eigenvalue weighted by atomic mass is 10.3. The van der Waals surface area contributed by atoms with Crippen molar-refractivity contribution in [1.82, 2.24) is 4.57 Å². The first kappa shape index (κ1) is 14.4. The average Bonchev–Trinajstić information content (AvgIpc) is 2.84. The number of pyridine rings is 1. The van der Waals surface area contributed by atoms with Crippen molar-refractivity contribution in [3.63, 3.8) is 0 Å². The molecule has 0 aliphatic carbocycles. The van der Waals surface area contributed by atoms with Gasteiger partial charge < -0.3 is 0 Å². The zero-order valence-electron chi connectivity index (χ0n) is 11.8. The van der Waals surface area contributed by atoms with E-state index >= 15 is 0 Å². The van der Waals surface area contributed by atoms with Crippen molar-refractivity contribution >= 4 is 0 Å². The fraction of sp³-hybridized carbons (Fsp3) is 0.467. The van der Waals surface area contributed by atoms with E-state index in [-0.39, 0.29) is 0 Å². The Labute approximate surface area is 110 Å². The molecule has 0 bridgehead atoms. The Bertz CT molecular complexity index is 420. The quantitative estimate of drug-likeness (QED) is 0.734. The summed E-state index contributed by atoms with van der Waals surface area (Å²) in [4.78, 5) is 0. The van der Waals surface area contributed by atoms with Crippen LogP contribution in [-0.2, 0) is 20.1 Å². The molecule has 0 amide bonds. The van der Waals surface area contributed by atoms with Crippen LogP contribution in [0.2, 0.25) is 0 Å². The monoisotopic (exact) mass is 247 g/mol. The summed E-state index contributed by atoms with van der Waals surface area (Å²) >= 11 is 0. The van der Waals surface area contributed by atoms with Crippen molar-refractivity contribution in [3.8, 4) is 0 Å². The number of hydrogen-bond donors (Lipinski definition) is 0. The maximum absolute atomic E-state index is 2.21. The Morgan fingerprint density at radius 2 is 1.67 bits per heavy atom. The second-order valence-electron chi connectivity index (χ2n) is 4.38. The van der Waals surface area contributed by atoms with Gasteiger partial charge in [0.15, 0.2) is 12.4 Å². The minimum Gasteiger partial charge on any atom is -0.240 e. The lowest BCUT2D eigenvalue weighted by Crippen LogP contribution is -2.30. The predicted octanol–water partition coefficient (Wildman–Crippen LogP) is 2.11. The highest BCUT2D eigenvalue weighted by Gasteiger charge is 1.96. The summed E-state index contributed by atoms with van der Waals surface area (Å²) in [7, 11) is 2.04. The number of unbranched alkanes of at least 4 members (excludes halogenated alkanes) is 1. The minimum absolute atomic E-state index is 1.06. The molecule has 18 heavy (non-hydrogen) atoms. The second-order valence-corrected chi connectivity index (χ2v) is 4.38. The largest absolute Gasteiger partial charge is 0.243 e. The minimum atomic E-state index is 1.06. The first-order valence-electron chi connectivity index (χ1n) is 6.71. The van der Waals surface area contributed by atoms with Crippen LogP contribution in [0.4, 0.5) is 0 Å². The number of aryl methyl sites for hydroxylation is 3. The molecule has 0 saturated carbocycles. The predicted molar refractivity (Wildman–Crippen MR) is 72.8 cm³/mol. The van der Waals surface area contributed by atoms with E-state index in [0.717, 1.165) is 13.1 Å². The fourth-order valence-electron chi connectivity index (χ4n) is 1.62. The van der Waals surface area contributed by atoms with E-state index in [1.807, 2.05) is 25.2 Å². The van der Waals surface area contributed by atoms with Crippen LogP contribution in [0.3, 0.4) is 0 Å². The molecule has 0 radical (unpaired) electrons. The van der Waals surface area contributed by atoms with E-state index in [9.17, 15) is 0 Å². The van der Waals surface area contributed by atoms with E-state index in [2.05, 4.69) is 58.7 Å². The van der Waals surface area contributed by atoms with Gasteiger partial charge in [-0.2, -0.15) is 0 Å². The molecule has 0 aliphatic heterocycles. The Hall–Kier alpha value is -1.64. The molecular weight excluding hydrogens is 222 g/mol. The van der Waals surface area contributed by atoms with Gasteiger partial charge in [0.1, 0.15) is 18.9 Å². The molecule has 2 heterocycles. The molecule has 0 saturated heterocycles. The zero-order valence-corrected chi connectivity index (χ0v) is 11.8. The topological polar surface area (TPSA) is 12.7 Å². The van der Waals surface area contributed by atoms with Crippen molar-refractivity contribution in [2.45, 2.75) is 39.8 Å². The van der Waals surface area contributed by atoms with E-state index < -0.39 is 0 Å². The van der Waals surface area contributed by atoms with Crippen molar-refractivity contribution in [2.24, 2.45) is 7.05 Å². The SMILES string of the molecule is CCCC[n+]1ccn(C)c1.CC[n+]1ccccc1. The summed E-state index contributed by atoms with van der Waals surface area (Å²) in [6.45, 7) is 6.54. The van der Waals surface area contributed by atoms with E-state index in [0.29, 0.717) is 0 Å². The molecule has 2 rings (SSSR count). The van der Waals surface area contributed by atoms with Gasteiger partial charge in [0.25, 0.3) is 0 Å². The Balaban J connectivity index is 0.000000184. The normalized spacial score (nSPS) is 9.72. The summed E-state index contributed by atoms with van der Waals surface area (Å²) in [5.41, 5.74) is 0. The van der Waals surface area contributed by atoms with E-state index in [1.54, 1.807) is 0 Å². The van der Waals surface area contributed by atoms with Crippen molar-refractivity contribution in [1.29, 1.82) is 0 Å². The van der Waals surface area contributed by atoms with Crippen LogP contribution in [-0.4, -0.2) is 4.57 Å².